The number of hydrogen-bond acceptors (Lipinski definition) is 2. The molecule has 0 aromatic heterocycles. The van der Waals surface area contributed by atoms with Gasteiger partial charge in [0.15, 0.2) is 0 Å². The van der Waals surface area contributed by atoms with E-state index in [1.165, 1.54) is 0 Å². The van der Waals surface area contributed by atoms with Crippen LogP contribution in [0.2, 0.25) is 0 Å². The Hall–Kier alpha value is -0.0600. The summed E-state index contributed by atoms with van der Waals surface area (Å²) in [6, 6.07) is 0. The normalized spacial score (nSPS) is 10.5. The highest BCUT2D eigenvalue weighted by molar-refractivity contribution is 7.79. The molecule has 0 aromatic rings. The molecule has 80 valence electrons. The third-order valence-corrected chi connectivity index (χ3v) is 2.25. The van der Waals surface area contributed by atoms with Crippen molar-refractivity contribution < 1.29 is 5.11 Å². The Kier molecular flexibility index (Phi) is 7.59. The van der Waals surface area contributed by atoms with Crippen LogP contribution in [-0.2, 0) is 0 Å². The zero-order valence-electron chi connectivity index (χ0n) is 8.41. The van der Waals surface area contributed by atoms with E-state index in [9.17, 15) is 5.11 Å². The molecule has 0 spiro atoms. The highest BCUT2D eigenvalue weighted by atomic mass is 35.5. The minimum absolute atomic E-state index is 0. The van der Waals surface area contributed by atoms with E-state index in [4.69, 9.17) is 18.0 Å². The molecule has 0 unspecified atom stereocenters. The van der Waals surface area contributed by atoms with Crippen molar-refractivity contribution in [2.75, 3.05) is 13.1 Å². The lowest BCUT2D eigenvalue weighted by Crippen LogP contribution is -2.47. The van der Waals surface area contributed by atoms with Crippen molar-refractivity contribution in [3.63, 3.8) is 0 Å². The van der Waals surface area contributed by atoms with Crippen LogP contribution >= 0.6 is 24.6 Å². The molecule has 0 saturated carbocycles. The van der Waals surface area contributed by atoms with E-state index in [1.807, 2.05) is 20.8 Å². The molecule has 0 aliphatic carbocycles. The van der Waals surface area contributed by atoms with Crippen molar-refractivity contribution in [1.29, 1.82) is 0 Å². The fraction of sp³-hybridized carbons (Fsp3) is 0.875. The number of nitrogens with two attached hydrogens (primary N) is 1. The Labute approximate surface area is 91.7 Å². The molecule has 3 N–H and O–H groups in total. The first-order valence-corrected chi connectivity index (χ1v) is 4.57. The predicted octanol–water partition coefficient (Wildman–Crippen LogP) is 1.70. The van der Waals surface area contributed by atoms with Gasteiger partial charge in [-0.05, 0) is 46.0 Å². The highest BCUT2D eigenvalue weighted by Gasteiger charge is 2.26. The van der Waals surface area contributed by atoms with Gasteiger partial charge in [0.25, 0.3) is 5.17 Å². The number of rotatable bonds is 4. The van der Waals surface area contributed by atoms with Crippen LogP contribution in [0.4, 0.5) is 0 Å². The second-order valence-electron chi connectivity index (χ2n) is 3.38. The summed E-state index contributed by atoms with van der Waals surface area (Å²) in [4.78, 5) is 1.77. The van der Waals surface area contributed by atoms with Crippen LogP contribution < -0.4 is 5.73 Å². The molecule has 5 heteroatoms. The molecule has 0 bridgehead atoms. The quantitative estimate of drug-likeness (QED) is 0.717. The first-order valence-electron chi connectivity index (χ1n) is 4.16. The van der Waals surface area contributed by atoms with Gasteiger partial charge in [0, 0.05) is 12.1 Å². The van der Waals surface area contributed by atoms with Crippen molar-refractivity contribution in [3.05, 3.63) is 0 Å². The van der Waals surface area contributed by atoms with Crippen molar-refractivity contribution >= 4 is 29.8 Å². The zero-order valence-corrected chi connectivity index (χ0v) is 10.0. The third kappa shape index (κ3) is 4.64. The summed E-state index contributed by atoms with van der Waals surface area (Å²) in [5, 5.41) is 9.15. The van der Waals surface area contributed by atoms with E-state index in [0.29, 0.717) is 13.1 Å². The molecule has 0 aliphatic rings. The molecule has 0 fully saturated rings. The number of nitrogens with zero attached hydrogens (tertiary/aromatic N) is 1. The topological polar surface area (TPSA) is 49.5 Å². The summed E-state index contributed by atoms with van der Waals surface area (Å²) >= 11 is 4.72. The van der Waals surface area contributed by atoms with Gasteiger partial charge in [-0.1, -0.05) is 0 Å². The van der Waals surface area contributed by atoms with Crippen molar-refractivity contribution in [1.82, 2.24) is 4.90 Å². The summed E-state index contributed by atoms with van der Waals surface area (Å²) in [5.74, 6) is 0. The third-order valence-electron chi connectivity index (χ3n) is 2.03. The molecular weight excluding hydrogens is 208 g/mol. The maximum absolute atomic E-state index is 9.19. The van der Waals surface area contributed by atoms with E-state index < -0.39 is 0 Å². The minimum atomic E-state index is -0.144. The predicted molar refractivity (Wildman–Crippen MR) is 62.6 cm³/mol. The van der Waals surface area contributed by atoms with Gasteiger partial charge in [-0.3, -0.25) is 0 Å². The smallest absolute Gasteiger partial charge is 0.257 e. The van der Waals surface area contributed by atoms with Gasteiger partial charge >= 0.3 is 0 Å². The fourth-order valence-corrected chi connectivity index (χ4v) is 1.69. The molecule has 0 radical (unpaired) electrons. The lowest BCUT2D eigenvalue weighted by molar-refractivity contribution is 0.185. The number of aliphatic hydroxyl groups is 1. The first-order chi connectivity index (χ1) is 5.45. The summed E-state index contributed by atoms with van der Waals surface area (Å²) < 4.78 is 0. The maximum atomic E-state index is 9.19. The minimum Gasteiger partial charge on any atom is -0.486 e. The number of hydrogen-bond donors (Lipinski definition) is 2. The van der Waals surface area contributed by atoms with E-state index >= 15 is 0 Å². The molecule has 0 aromatic carbocycles. The molecule has 0 heterocycles. The van der Waals surface area contributed by atoms with E-state index in [1.54, 1.807) is 4.90 Å². The Morgan fingerprint density at radius 2 is 2.00 bits per heavy atom. The molecule has 13 heavy (non-hydrogen) atoms. The van der Waals surface area contributed by atoms with Crippen molar-refractivity contribution in [2.45, 2.75) is 32.7 Å². The lowest BCUT2D eigenvalue weighted by Gasteiger charge is -2.37. The lowest BCUT2D eigenvalue weighted by atomic mass is 9.99. The zero-order chi connectivity index (χ0) is 9.78. The largest absolute Gasteiger partial charge is 0.486 e. The van der Waals surface area contributed by atoms with Gasteiger partial charge in [-0.2, -0.15) is 0 Å². The number of aliphatic hydroxyl groups excluding tert-OH is 1. The van der Waals surface area contributed by atoms with Crippen LogP contribution in [0.3, 0.4) is 0 Å². The standard InChI is InChI=1S/C8H18N2OS.ClH/c1-4-10(7(11)12)8(2,3)5-6-9;/h4-6,9H2,1-3H3,(H,11,12);1H. The van der Waals surface area contributed by atoms with Gasteiger partial charge in [0.2, 0.25) is 0 Å². The second-order valence-corrected chi connectivity index (χ2v) is 3.74. The van der Waals surface area contributed by atoms with Gasteiger partial charge in [0.05, 0.1) is 0 Å². The highest BCUT2D eigenvalue weighted by Crippen LogP contribution is 2.17. The number of thiocarbonyl (C=S) groups is 1. The summed E-state index contributed by atoms with van der Waals surface area (Å²) in [7, 11) is 0. The first kappa shape index (κ1) is 15.4. The van der Waals surface area contributed by atoms with E-state index in [2.05, 4.69) is 0 Å². The van der Waals surface area contributed by atoms with Gasteiger partial charge in [0.1, 0.15) is 0 Å². The van der Waals surface area contributed by atoms with Crippen LogP contribution in [0, 0.1) is 0 Å². The van der Waals surface area contributed by atoms with E-state index in [0.717, 1.165) is 6.42 Å². The molecule has 0 saturated heterocycles. The van der Waals surface area contributed by atoms with Crippen molar-refractivity contribution in [2.24, 2.45) is 5.73 Å². The molecule has 0 rings (SSSR count). The van der Waals surface area contributed by atoms with Gasteiger partial charge < -0.3 is 15.7 Å². The Morgan fingerprint density at radius 3 is 2.23 bits per heavy atom. The van der Waals surface area contributed by atoms with Crippen LogP contribution in [0.25, 0.3) is 0 Å². The Bertz CT molecular complexity index is 164. The van der Waals surface area contributed by atoms with Gasteiger partial charge in [-0.25, -0.2) is 0 Å². The fourth-order valence-electron chi connectivity index (χ4n) is 1.31. The van der Waals surface area contributed by atoms with Crippen LogP contribution in [-0.4, -0.2) is 33.8 Å². The van der Waals surface area contributed by atoms with Gasteiger partial charge in [-0.15, -0.1) is 12.4 Å². The molecule has 0 amide bonds. The monoisotopic (exact) mass is 226 g/mol. The summed E-state index contributed by atoms with van der Waals surface area (Å²) in [6.07, 6.45) is 0.821. The number of halogens is 1. The van der Waals surface area contributed by atoms with E-state index in [-0.39, 0.29) is 23.1 Å². The Morgan fingerprint density at radius 1 is 1.54 bits per heavy atom. The van der Waals surface area contributed by atoms with Crippen LogP contribution in [0.5, 0.6) is 0 Å². The van der Waals surface area contributed by atoms with Crippen LogP contribution in [0.1, 0.15) is 27.2 Å². The van der Waals surface area contributed by atoms with Crippen LogP contribution in [0.15, 0.2) is 0 Å². The summed E-state index contributed by atoms with van der Waals surface area (Å²) in [6.45, 7) is 7.31. The summed E-state index contributed by atoms with van der Waals surface area (Å²) in [5.41, 5.74) is 5.31. The average Bonchev–Trinajstić information content (AvgIpc) is 1.86. The Balaban J connectivity index is 0. The molecule has 0 aliphatic heterocycles. The van der Waals surface area contributed by atoms with Crippen molar-refractivity contribution in [3.8, 4) is 0 Å². The molecule has 0 atom stereocenters. The molecular formula is C8H19ClN2OS. The average molecular weight is 227 g/mol. The second kappa shape index (κ2) is 6.40. The SMILES string of the molecule is CCN(C(O)=S)C(C)(C)CCN.Cl. The maximum Gasteiger partial charge on any atom is 0.257 e. The molecule has 3 nitrogen and oxygen atoms in total.